The molecule has 2 rings (SSSR count). The van der Waals surface area contributed by atoms with E-state index >= 15 is 0 Å². The number of aryl methyl sites for hydroxylation is 1. The molecule has 1 aromatic rings. The second-order valence-electron chi connectivity index (χ2n) is 4.74. The van der Waals surface area contributed by atoms with Gasteiger partial charge < -0.3 is 11.1 Å². The zero-order chi connectivity index (χ0) is 12.3. The van der Waals surface area contributed by atoms with Gasteiger partial charge in [-0.1, -0.05) is 12.8 Å². The van der Waals surface area contributed by atoms with Crippen molar-refractivity contribution in [2.75, 3.05) is 17.3 Å². The van der Waals surface area contributed by atoms with Crippen molar-refractivity contribution in [2.45, 2.75) is 43.9 Å². The first-order chi connectivity index (χ1) is 8.20. The topological polar surface area (TPSA) is 50.9 Å². The Hall–Kier alpha value is -0.900. The Morgan fingerprint density at radius 1 is 1.41 bits per heavy atom. The molecule has 1 aliphatic carbocycles. The molecular weight excluding hydrogens is 230 g/mol. The number of hydrogen-bond acceptors (Lipinski definition) is 4. The van der Waals surface area contributed by atoms with Crippen LogP contribution in [0.1, 0.15) is 31.2 Å². The smallest absolute Gasteiger partial charge is 0.126 e. The zero-order valence-electron chi connectivity index (χ0n) is 10.6. The molecule has 0 spiro atoms. The maximum Gasteiger partial charge on any atom is 0.126 e. The van der Waals surface area contributed by atoms with Crippen molar-refractivity contribution in [3.8, 4) is 0 Å². The van der Waals surface area contributed by atoms with Gasteiger partial charge in [-0.3, -0.25) is 0 Å². The molecule has 1 saturated carbocycles. The Morgan fingerprint density at radius 3 is 2.88 bits per heavy atom. The van der Waals surface area contributed by atoms with E-state index in [1.54, 1.807) is 6.20 Å². The Balaban J connectivity index is 2.05. The van der Waals surface area contributed by atoms with Crippen LogP contribution < -0.4 is 11.1 Å². The van der Waals surface area contributed by atoms with Gasteiger partial charge in [0, 0.05) is 11.3 Å². The van der Waals surface area contributed by atoms with E-state index in [9.17, 15) is 0 Å². The fraction of sp³-hybridized carbons (Fsp3) is 0.615. The van der Waals surface area contributed by atoms with Gasteiger partial charge in [0.15, 0.2) is 0 Å². The molecule has 17 heavy (non-hydrogen) atoms. The first-order valence-electron chi connectivity index (χ1n) is 6.22. The molecule has 3 N–H and O–H groups in total. The SMILES string of the molecule is CSC1CCCCC1Nc1cc(C)c(N)cn1. The van der Waals surface area contributed by atoms with Gasteiger partial charge in [0.05, 0.1) is 11.9 Å². The number of thioether (sulfide) groups is 1. The maximum atomic E-state index is 5.78. The number of nitrogen functional groups attached to an aromatic ring is 1. The van der Waals surface area contributed by atoms with Crippen molar-refractivity contribution >= 4 is 23.3 Å². The minimum absolute atomic E-state index is 0.550. The number of nitrogens with one attached hydrogen (secondary N) is 1. The first-order valence-corrected chi connectivity index (χ1v) is 7.51. The third-order valence-electron chi connectivity index (χ3n) is 3.49. The van der Waals surface area contributed by atoms with E-state index in [1.165, 1.54) is 25.7 Å². The van der Waals surface area contributed by atoms with Gasteiger partial charge in [-0.25, -0.2) is 4.98 Å². The number of nitrogens with two attached hydrogens (primary N) is 1. The molecule has 4 heteroatoms. The molecule has 1 heterocycles. The number of rotatable bonds is 3. The Kier molecular flexibility index (Phi) is 4.15. The molecule has 94 valence electrons. The molecule has 0 aliphatic heterocycles. The van der Waals surface area contributed by atoms with E-state index in [-0.39, 0.29) is 0 Å². The molecule has 1 aliphatic rings. The predicted molar refractivity (Wildman–Crippen MR) is 76.6 cm³/mol. The summed E-state index contributed by atoms with van der Waals surface area (Å²) < 4.78 is 0. The summed E-state index contributed by atoms with van der Waals surface area (Å²) >= 11 is 1.97. The van der Waals surface area contributed by atoms with Crippen LogP contribution in [0.25, 0.3) is 0 Å². The molecule has 0 aromatic carbocycles. The summed E-state index contributed by atoms with van der Waals surface area (Å²) in [4.78, 5) is 4.36. The van der Waals surface area contributed by atoms with Crippen molar-refractivity contribution in [3.63, 3.8) is 0 Å². The highest BCUT2D eigenvalue weighted by Crippen LogP contribution is 2.29. The molecule has 0 saturated heterocycles. The van der Waals surface area contributed by atoms with Crippen LogP contribution in [0.4, 0.5) is 11.5 Å². The summed E-state index contributed by atoms with van der Waals surface area (Å²) in [5.41, 5.74) is 7.64. The Bertz CT molecular complexity index is 381. The van der Waals surface area contributed by atoms with Crippen LogP contribution in [0, 0.1) is 6.92 Å². The second kappa shape index (κ2) is 5.63. The minimum Gasteiger partial charge on any atom is -0.397 e. The standard InChI is InChI=1S/C13H21N3S/c1-9-7-13(15-8-10(9)14)16-11-5-3-4-6-12(11)17-2/h7-8,11-12H,3-6,14H2,1-2H3,(H,15,16). The van der Waals surface area contributed by atoms with Crippen LogP contribution in [0.3, 0.4) is 0 Å². The van der Waals surface area contributed by atoms with E-state index in [4.69, 9.17) is 5.73 Å². The van der Waals surface area contributed by atoms with Gasteiger partial charge >= 0.3 is 0 Å². The van der Waals surface area contributed by atoms with Crippen molar-refractivity contribution in [1.82, 2.24) is 4.98 Å². The zero-order valence-corrected chi connectivity index (χ0v) is 11.4. The fourth-order valence-corrected chi connectivity index (χ4v) is 3.31. The molecular formula is C13H21N3S. The molecule has 3 nitrogen and oxygen atoms in total. The first kappa shape index (κ1) is 12.6. The molecule has 1 fully saturated rings. The monoisotopic (exact) mass is 251 g/mol. The molecule has 1 aromatic heterocycles. The minimum atomic E-state index is 0.550. The van der Waals surface area contributed by atoms with Crippen LogP contribution in [-0.2, 0) is 0 Å². The second-order valence-corrected chi connectivity index (χ2v) is 5.81. The highest BCUT2D eigenvalue weighted by Gasteiger charge is 2.24. The number of hydrogen-bond donors (Lipinski definition) is 2. The van der Waals surface area contributed by atoms with Crippen molar-refractivity contribution < 1.29 is 0 Å². The van der Waals surface area contributed by atoms with Crippen molar-refractivity contribution in [2.24, 2.45) is 0 Å². The predicted octanol–water partition coefficient (Wildman–Crippen LogP) is 3.06. The summed E-state index contributed by atoms with van der Waals surface area (Å²) in [7, 11) is 0. The van der Waals surface area contributed by atoms with Crippen LogP contribution in [0.5, 0.6) is 0 Å². The number of pyridine rings is 1. The van der Waals surface area contributed by atoms with Gasteiger partial charge in [-0.05, 0) is 37.7 Å². The lowest BCUT2D eigenvalue weighted by molar-refractivity contribution is 0.474. The molecule has 2 unspecified atom stereocenters. The van der Waals surface area contributed by atoms with Gasteiger partial charge in [0.25, 0.3) is 0 Å². The average molecular weight is 251 g/mol. The third-order valence-corrected chi connectivity index (χ3v) is 4.66. The molecule has 0 amide bonds. The van der Waals surface area contributed by atoms with Crippen molar-refractivity contribution in [3.05, 3.63) is 17.8 Å². The number of anilines is 2. The van der Waals surface area contributed by atoms with Gasteiger partial charge in [0.1, 0.15) is 5.82 Å². The van der Waals surface area contributed by atoms with Crippen LogP contribution in [-0.4, -0.2) is 22.5 Å². The molecule has 2 atom stereocenters. The third kappa shape index (κ3) is 3.06. The van der Waals surface area contributed by atoms with Crippen LogP contribution >= 0.6 is 11.8 Å². The van der Waals surface area contributed by atoms with Gasteiger partial charge in [-0.2, -0.15) is 11.8 Å². The summed E-state index contributed by atoms with van der Waals surface area (Å²) in [5, 5.41) is 4.27. The number of aromatic nitrogens is 1. The van der Waals surface area contributed by atoms with Gasteiger partial charge in [-0.15, -0.1) is 0 Å². The Labute approximate surface area is 108 Å². The lowest BCUT2D eigenvalue weighted by Crippen LogP contribution is -2.34. The largest absolute Gasteiger partial charge is 0.397 e. The lowest BCUT2D eigenvalue weighted by atomic mass is 9.95. The molecule has 0 bridgehead atoms. The van der Waals surface area contributed by atoms with Crippen LogP contribution in [0.2, 0.25) is 0 Å². The quantitative estimate of drug-likeness (QED) is 0.867. The van der Waals surface area contributed by atoms with E-state index in [1.807, 2.05) is 24.8 Å². The Morgan fingerprint density at radius 2 is 2.18 bits per heavy atom. The van der Waals surface area contributed by atoms with Gasteiger partial charge in [0.2, 0.25) is 0 Å². The highest BCUT2D eigenvalue weighted by atomic mass is 32.2. The summed E-state index contributed by atoms with van der Waals surface area (Å²) in [6.45, 7) is 2.02. The van der Waals surface area contributed by atoms with E-state index in [0.29, 0.717) is 11.3 Å². The normalized spacial score (nSPS) is 24.6. The van der Waals surface area contributed by atoms with Crippen molar-refractivity contribution in [1.29, 1.82) is 0 Å². The van der Waals surface area contributed by atoms with E-state index in [2.05, 4.69) is 16.6 Å². The summed E-state index contributed by atoms with van der Waals surface area (Å²) in [6.07, 6.45) is 9.19. The van der Waals surface area contributed by atoms with E-state index < -0.39 is 0 Å². The van der Waals surface area contributed by atoms with Crippen LogP contribution in [0.15, 0.2) is 12.3 Å². The fourth-order valence-electron chi connectivity index (χ4n) is 2.38. The number of nitrogens with zero attached hydrogens (tertiary/aromatic N) is 1. The maximum absolute atomic E-state index is 5.78. The summed E-state index contributed by atoms with van der Waals surface area (Å²) in [5.74, 6) is 0.961. The van der Waals surface area contributed by atoms with E-state index in [0.717, 1.165) is 17.1 Å². The average Bonchev–Trinajstić information content (AvgIpc) is 2.34. The lowest BCUT2D eigenvalue weighted by Gasteiger charge is -2.31. The highest BCUT2D eigenvalue weighted by molar-refractivity contribution is 7.99. The summed E-state index contributed by atoms with van der Waals surface area (Å²) in [6, 6.07) is 2.59. The molecule has 0 radical (unpaired) electrons.